The Balaban J connectivity index is 2.22. The predicted octanol–water partition coefficient (Wildman–Crippen LogP) is 6.50. The number of aliphatic hydroxyl groups excluding tert-OH is 1. The van der Waals surface area contributed by atoms with E-state index in [1.165, 1.54) is 22.3 Å². The first-order valence-corrected chi connectivity index (χ1v) is 14.3. The SMILES string of the molecule is CCC[C@@H](NC(=O)COc1ccc(C(CC)(CC)c2ccc(CCC(O)C(C)(C)C)c(C)c2)cc1C)C(=O)O. The number of rotatable bonds is 14. The summed E-state index contributed by atoms with van der Waals surface area (Å²) >= 11 is 0. The molecule has 0 aromatic heterocycles. The van der Waals surface area contributed by atoms with Crippen molar-refractivity contribution in [3.05, 3.63) is 64.2 Å². The van der Waals surface area contributed by atoms with Crippen LogP contribution in [-0.2, 0) is 21.4 Å². The van der Waals surface area contributed by atoms with Crippen molar-refractivity contribution in [1.82, 2.24) is 5.32 Å². The van der Waals surface area contributed by atoms with Gasteiger partial charge >= 0.3 is 5.97 Å². The van der Waals surface area contributed by atoms with Crippen LogP contribution in [0.2, 0.25) is 0 Å². The van der Waals surface area contributed by atoms with Crippen LogP contribution in [0.25, 0.3) is 0 Å². The van der Waals surface area contributed by atoms with Gasteiger partial charge in [-0.2, -0.15) is 0 Å². The van der Waals surface area contributed by atoms with E-state index in [2.05, 4.69) is 77.2 Å². The average molecular weight is 540 g/mol. The van der Waals surface area contributed by atoms with E-state index in [9.17, 15) is 19.8 Å². The van der Waals surface area contributed by atoms with Crippen LogP contribution < -0.4 is 10.1 Å². The van der Waals surface area contributed by atoms with Gasteiger partial charge in [-0.3, -0.25) is 4.79 Å². The van der Waals surface area contributed by atoms with Crippen LogP contribution in [0.3, 0.4) is 0 Å². The molecule has 0 saturated carbocycles. The summed E-state index contributed by atoms with van der Waals surface area (Å²) in [5.41, 5.74) is 5.62. The number of carboxylic acid groups (broad SMARTS) is 1. The molecule has 2 aromatic carbocycles. The molecule has 3 N–H and O–H groups in total. The zero-order valence-electron chi connectivity index (χ0n) is 25.2. The molecule has 0 spiro atoms. The fourth-order valence-corrected chi connectivity index (χ4v) is 5.27. The smallest absolute Gasteiger partial charge is 0.326 e. The molecule has 0 heterocycles. The highest BCUT2D eigenvalue weighted by Gasteiger charge is 2.32. The molecule has 0 aliphatic rings. The maximum Gasteiger partial charge on any atom is 0.326 e. The van der Waals surface area contributed by atoms with Crippen LogP contribution in [0.5, 0.6) is 5.75 Å². The molecule has 1 unspecified atom stereocenters. The Bertz CT molecular complexity index is 1110. The predicted molar refractivity (Wildman–Crippen MR) is 157 cm³/mol. The molecule has 39 heavy (non-hydrogen) atoms. The standard InChI is InChI=1S/C33H49NO5/c1-9-12-27(31(37)38)34-30(36)21-39-28-17-16-26(20-23(28)5)33(10-2,11-3)25-15-13-24(22(4)19-25)14-18-29(35)32(6,7)8/h13,15-17,19-20,27,29,35H,9-12,14,18,21H2,1-8H3,(H,34,36)(H,37,38)/t27-,29?/m1/s1. The lowest BCUT2D eigenvalue weighted by Gasteiger charge is -2.34. The highest BCUT2D eigenvalue weighted by Crippen LogP contribution is 2.41. The summed E-state index contributed by atoms with van der Waals surface area (Å²) in [7, 11) is 0. The van der Waals surface area contributed by atoms with Gasteiger partial charge in [0.2, 0.25) is 0 Å². The molecular formula is C33H49NO5. The lowest BCUT2D eigenvalue weighted by molar-refractivity contribution is -0.142. The second kappa shape index (κ2) is 14.0. The molecule has 216 valence electrons. The number of benzene rings is 2. The van der Waals surface area contributed by atoms with Gasteiger partial charge in [-0.15, -0.1) is 0 Å². The number of carbonyl (C=O) groups is 2. The molecule has 2 aromatic rings. The van der Waals surface area contributed by atoms with Crippen molar-refractivity contribution in [3.63, 3.8) is 0 Å². The van der Waals surface area contributed by atoms with Gasteiger partial charge < -0.3 is 20.3 Å². The summed E-state index contributed by atoms with van der Waals surface area (Å²) in [6.45, 7) is 16.4. The van der Waals surface area contributed by atoms with Gasteiger partial charge in [0.1, 0.15) is 11.8 Å². The van der Waals surface area contributed by atoms with E-state index in [1.54, 1.807) is 0 Å². The van der Waals surface area contributed by atoms with Crippen molar-refractivity contribution < 1.29 is 24.5 Å². The van der Waals surface area contributed by atoms with Crippen molar-refractivity contribution in [1.29, 1.82) is 0 Å². The molecular weight excluding hydrogens is 490 g/mol. The van der Waals surface area contributed by atoms with Gasteiger partial charge in [0.15, 0.2) is 6.61 Å². The summed E-state index contributed by atoms with van der Waals surface area (Å²) in [6, 6.07) is 12.0. The third-order valence-electron chi connectivity index (χ3n) is 8.09. The fraction of sp³-hybridized carbons (Fsp3) is 0.576. The molecule has 0 aliphatic heterocycles. The van der Waals surface area contributed by atoms with E-state index in [4.69, 9.17) is 4.74 Å². The molecule has 2 atom stereocenters. The van der Waals surface area contributed by atoms with Gasteiger partial charge in [0.25, 0.3) is 5.91 Å². The first kappa shape index (κ1) is 32.4. The Morgan fingerprint density at radius 1 is 0.923 bits per heavy atom. The number of carbonyl (C=O) groups excluding carboxylic acids is 1. The number of aliphatic carboxylic acids is 1. The van der Waals surface area contributed by atoms with Crippen molar-refractivity contribution >= 4 is 11.9 Å². The normalized spacial score (nSPS) is 13.6. The van der Waals surface area contributed by atoms with Gasteiger partial charge in [0, 0.05) is 5.41 Å². The second-order valence-electron chi connectivity index (χ2n) is 11.9. The third kappa shape index (κ3) is 8.31. The summed E-state index contributed by atoms with van der Waals surface area (Å²) in [5.74, 6) is -0.866. The Kier molecular flexibility index (Phi) is 11.6. The molecule has 6 heteroatoms. The highest BCUT2D eigenvalue weighted by atomic mass is 16.5. The molecule has 0 aliphatic carbocycles. The van der Waals surface area contributed by atoms with Gasteiger partial charge in [-0.25, -0.2) is 4.79 Å². The molecule has 0 radical (unpaired) electrons. The topological polar surface area (TPSA) is 95.9 Å². The molecule has 0 bridgehead atoms. The zero-order chi connectivity index (χ0) is 29.4. The van der Waals surface area contributed by atoms with Crippen LogP contribution in [0.15, 0.2) is 36.4 Å². The summed E-state index contributed by atoms with van der Waals surface area (Å²) in [6.07, 6.45) is 4.15. The highest BCUT2D eigenvalue weighted by molar-refractivity contribution is 5.84. The van der Waals surface area contributed by atoms with Crippen molar-refractivity contribution in [2.75, 3.05) is 6.61 Å². The molecule has 0 fully saturated rings. The largest absolute Gasteiger partial charge is 0.484 e. The maximum absolute atomic E-state index is 12.3. The molecule has 1 amide bonds. The average Bonchev–Trinajstić information content (AvgIpc) is 2.87. The lowest BCUT2D eigenvalue weighted by atomic mass is 9.69. The number of ether oxygens (including phenoxy) is 1. The van der Waals surface area contributed by atoms with E-state index in [0.717, 1.165) is 31.2 Å². The van der Waals surface area contributed by atoms with E-state index in [-0.39, 0.29) is 23.5 Å². The minimum atomic E-state index is -1.04. The number of hydrogen-bond donors (Lipinski definition) is 3. The van der Waals surface area contributed by atoms with E-state index < -0.39 is 17.9 Å². The summed E-state index contributed by atoms with van der Waals surface area (Å²) in [4.78, 5) is 23.6. The zero-order valence-corrected chi connectivity index (χ0v) is 25.2. The maximum atomic E-state index is 12.3. The first-order valence-electron chi connectivity index (χ1n) is 14.3. The van der Waals surface area contributed by atoms with Crippen molar-refractivity contribution in [2.45, 2.75) is 111 Å². The molecule has 0 saturated heterocycles. The van der Waals surface area contributed by atoms with Gasteiger partial charge in [0.05, 0.1) is 6.10 Å². The second-order valence-corrected chi connectivity index (χ2v) is 11.9. The monoisotopic (exact) mass is 539 g/mol. The number of carboxylic acids is 1. The Labute approximate surface area is 235 Å². The fourth-order valence-electron chi connectivity index (χ4n) is 5.27. The number of nitrogens with one attached hydrogen (secondary N) is 1. The van der Waals surface area contributed by atoms with Crippen molar-refractivity contribution in [3.8, 4) is 5.75 Å². The van der Waals surface area contributed by atoms with E-state index in [1.807, 2.05) is 19.9 Å². The summed E-state index contributed by atoms with van der Waals surface area (Å²) < 4.78 is 5.78. The van der Waals surface area contributed by atoms with Crippen LogP contribution in [0, 0.1) is 19.3 Å². The van der Waals surface area contributed by atoms with Crippen LogP contribution in [0.4, 0.5) is 0 Å². The van der Waals surface area contributed by atoms with Crippen LogP contribution in [-0.4, -0.2) is 40.8 Å². The van der Waals surface area contributed by atoms with Crippen LogP contribution >= 0.6 is 0 Å². The van der Waals surface area contributed by atoms with Gasteiger partial charge in [-0.1, -0.05) is 78.3 Å². The van der Waals surface area contributed by atoms with Crippen LogP contribution in [0.1, 0.15) is 101 Å². The first-order chi connectivity index (χ1) is 18.3. The number of aliphatic hydroxyl groups is 1. The Hall–Kier alpha value is -2.86. The number of aryl methyl sites for hydroxylation is 3. The summed E-state index contributed by atoms with van der Waals surface area (Å²) in [5, 5.41) is 22.3. The lowest BCUT2D eigenvalue weighted by Crippen LogP contribution is -2.42. The van der Waals surface area contributed by atoms with Crippen molar-refractivity contribution in [2.24, 2.45) is 5.41 Å². The number of hydrogen-bond acceptors (Lipinski definition) is 4. The molecule has 6 nitrogen and oxygen atoms in total. The van der Waals surface area contributed by atoms with E-state index >= 15 is 0 Å². The minimum Gasteiger partial charge on any atom is -0.484 e. The number of amides is 1. The quantitative estimate of drug-likeness (QED) is 0.255. The minimum absolute atomic E-state index is 0.124. The van der Waals surface area contributed by atoms with E-state index in [0.29, 0.717) is 18.6 Å². The Morgan fingerprint density at radius 2 is 1.51 bits per heavy atom. The molecule has 2 rings (SSSR count). The third-order valence-corrected chi connectivity index (χ3v) is 8.09. The van der Waals surface area contributed by atoms with Gasteiger partial charge in [-0.05, 0) is 85.3 Å². The Morgan fingerprint density at radius 3 is 2.00 bits per heavy atom.